The van der Waals surface area contributed by atoms with Gasteiger partial charge in [-0.2, -0.15) is 0 Å². The first-order valence-electron chi connectivity index (χ1n) is 4.19. The van der Waals surface area contributed by atoms with Crippen molar-refractivity contribution in [2.75, 3.05) is 6.61 Å². The van der Waals surface area contributed by atoms with Gasteiger partial charge in [0.1, 0.15) is 12.4 Å². The Hall–Kier alpha value is -1.16. The molecule has 0 aliphatic rings. The third-order valence-corrected chi connectivity index (χ3v) is 1.47. The number of aliphatic hydroxyl groups is 1. The van der Waals surface area contributed by atoms with Crippen LogP contribution in [0, 0.1) is 11.6 Å². The van der Waals surface area contributed by atoms with E-state index in [0.717, 1.165) is 18.2 Å². The van der Waals surface area contributed by atoms with Crippen molar-refractivity contribution in [2.24, 2.45) is 0 Å². The van der Waals surface area contributed by atoms with E-state index >= 15 is 0 Å². The molecule has 1 rings (SSSR count). The van der Waals surface area contributed by atoms with E-state index in [1.54, 1.807) is 0 Å². The average molecular weight is 202 g/mol. The highest BCUT2D eigenvalue weighted by molar-refractivity contribution is 5.24. The lowest BCUT2D eigenvalue weighted by Crippen LogP contribution is -2.28. The Bertz CT molecular complexity index is 318. The van der Waals surface area contributed by atoms with Crippen LogP contribution in [0.25, 0.3) is 0 Å². The lowest BCUT2D eigenvalue weighted by atomic mass is 10.2. The molecule has 0 radical (unpaired) electrons. The summed E-state index contributed by atoms with van der Waals surface area (Å²) in [5, 5.41) is 9.30. The number of hydrogen-bond donors (Lipinski definition) is 1. The van der Waals surface area contributed by atoms with Gasteiger partial charge in [-0.1, -0.05) is 0 Å². The molecule has 14 heavy (non-hydrogen) atoms. The van der Waals surface area contributed by atoms with E-state index in [2.05, 4.69) is 0 Å². The van der Waals surface area contributed by atoms with Crippen molar-refractivity contribution in [3.63, 3.8) is 0 Å². The maximum Gasteiger partial charge on any atom is 0.165 e. The fourth-order valence-electron chi connectivity index (χ4n) is 0.842. The van der Waals surface area contributed by atoms with E-state index in [4.69, 9.17) is 4.74 Å². The topological polar surface area (TPSA) is 29.5 Å². The van der Waals surface area contributed by atoms with Crippen molar-refractivity contribution in [1.29, 1.82) is 0 Å². The second-order valence-electron chi connectivity index (χ2n) is 3.68. The summed E-state index contributed by atoms with van der Waals surface area (Å²) in [7, 11) is 0. The van der Waals surface area contributed by atoms with Crippen molar-refractivity contribution >= 4 is 0 Å². The fourth-order valence-corrected chi connectivity index (χ4v) is 0.842. The molecule has 0 saturated heterocycles. The van der Waals surface area contributed by atoms with Crippen molar-refractivity contribution in [3.8, 4) is 5.75 Å². The van der Waals surface area contributed by atoms with Crippen molar-refractivity contribution in [3.05, 3.63) is 29.8 Å². The summed E-state index contributed by atoms with van der Waals surface area (Å²) in [5.74, 6) is -1.40. The van der Waals surface area contributed by atoms with E-state index in [-0.39, 0.29) is 12.4 Å². The van der Waals surface area contributed by atoms with Crippen molar-refractivity contribution < 1.29 is 18.6 Å². The number of halogens is 2. The van der Waals surface area contributed by atoms with Crippen LogP contribution in [0.4, 0.5) is 8.78 Å². The van der Waals surface area contributed by atoms with E-state index in [1.807, 2.05) is 0 Å². The maximum absolute atomic E-state index is 13.0. The normalized spacial score (nSPS) is 11.5. The van der Waals surface area contributed by atoms with Gasteiger partial charge in [0.05, 0.1) is 5.60 Å². The second kappa shape index (κ2) is 3.92. The number of ether oxygens (including phenoxy) is 1. The minimum atomic E-state index is -1.07. The molecule has 1 aromatic rings. The third-order valence-electron chi connectivity index (χ3n) is 1.47. The second-order valence-corrected chi connectivity index (χ2v) is 3.68. The van der Waals surface area contributed by atoms with Gasteiger partial charge in [0.2, 0.25) is 0 Å². The summed E-state index contributed by atoms with van der Waals surface area (Å²) in [4.78, 5) is 0. The summed E-state index contributed by atoms with van der Waals surface area (Å²) in [6, 6.07) is 2.93. The van der Waals surface area contributed by atoms with Crippen LogP contribution in [0.2, 0.25) is 0 Å². The van der Waals surface area contributed by atoms with E-state index in [9.17, 15) is 13.9 Å². The molecule has 0 atom stereocenters. The molecular formula is C10H12F2O2. The number of benzene rings is 1. The summed E-state index contributed by atoms with van der Waals surface area (Å²) in [6.07, 6.45) is 0. The number of hydrogen-bond acceptors (Lipinski definition) is 2. The van der Waals surface area contributed by atoms with Gasteiger partial charge in [-0.15, -0.1) is 0 Å². The van der Waals surface area contributed by atoms with Gasteiger partial charge < -0.3 is 9.84 Å². The quantitative estimate of drug-likeness (QED) is 0.813. The summed E-state index contributed by atoms with van der Waals surface area (Å²) in [6.45, 7) is 2.95. The average Bonchev–Trinajstić information content (AvgIpc) is 2.05. The lowest BCUT2D eigenvalue weighted by Gasteiger charge is -2.17. The zero-order valence-electron chi connectivity index (χ0n) is 8.05. The molecule has 0 amide bonds. The number of rotatable bonds is 3. The predicted molar refractivity (Wildman–Crippen MR) is 48.2 cm³/mol. The maximum atomic E-state index is 13.0. The molecule has 0 unspecified atom stereocenters. The zero-order chi connectivity index (χ0) is 10.8. The Labute approximate surface area is 81.1 Å². The largest absolute Gasteiger partial charge is 0.487 e. The Balaban J connectivity index is 2.72. The molecule has 0 fully saturated rings. The van der Waals surface area contributed by atoms with Gasteiger partial charge >= 0.3 is 0 Å². The monoisotopic (exact) mass is 202 g/mol. The van der Waals surface area contributed by atoms with Gasteiger partial charge in [0, 0.05) is 6.07 Å². The van der Waals surface area contributed by atoms with Gasteiger partial charge in [-0.05, 0) is 26.0 Å². The van der Waals surface area contributed by atoms with Gasteiger partial charge in [-0.25, -0.2) is 8.78 Å². The van der Waals surface area contributed by atoms with Crippen LogP contribution in [0.5, 0.6) is 5.75 Å². The SMILES string of the molecule is CC(C)(O)COc1cc(F)ccc1F. The molecule has 2 nitrogen and oxygen atoms in total. The van der Waals surface area contributed by atoms with Crippen LogP contribution in [-0.4, -0.2) is 17.3 Å². The standard InChI is InChI=1S/C10H12F2O2/c1-10(2,13)6-14-9-5-7(11)3-4-8(9)12/h3-5,13H,6H2,1-2H3. The first-order chi connectivity index (χ1) is 6.38. The first kappa shape index (κ1) is 10.9. The van der Waals surface area contributed by atoms with Crippen LogP contribution in [-0.2, 0) is 0 Å². The van der Waals surface area contributed by atoms with Crippen LogP contribution >= 0.6 is 0 Å². The van der Waals surface area contributed by atoms with Crippen LogP contribution < -0.4 is 4.74 Å². The van der Waals surface area contributed by atoms with E-state index in [0.29, 0.717) is 0 Å². The molecule has 0 spiro atoms. The van der Waals surface area contributed by atoms with Crippen molar-refractivity contribution in [1.82, 2.24) is 0 Å². The van der Waals surface area contributed by atoms with Crippen LogP contribution in [0.15, 0.2) is 18.2 Å². The lowest BCUT2D eigenvalue weighted by molar-refractivity contribution is 0.0270. The molecule has 0 saturated carbocycles. The molecule has 4 heteroatoms. The Kier molecular flexibility index (Phi) is 3.06. The fraction of sp³-hybridized carbons (Fsp3) is 0.400. The van der Waals surface area contributed by atoms with Crippen molar-refractivity contribution in [2.45, 2.75) is 19.4 Å². The summed E-state index contributed by atoms with van der Waals surface area (Å²) in [5.41, 5.74) is -1.07. The Morgan fingerprint density at radius 3 is 2.57 bits per heavy atom. The highest BCUT2D eigenvalue weighted by Gasteiger charge is 2.15. The molecule has 1 aromatic carbocycles. The summed E-state index contributed by atoms with van der Waals surface area (Å²) < 4.78 is 30.5. The minimum absolute atomic E-state index is 0.0899. The van der Waals surface area contributed by atoms with Crippen LogP contribution in [0.3, 0.4) is 0 Å². The van der Waals surface area contributed by atoms with E-state index < -0.39 is 17.2 Å². The molecule has 0 bridgehead atoms. The molecule has 0 aliphatic carbocycles. The smallest absolute Gasteiger partial charge is 0.165 e. The van der Waals surface area contributed by atoms with Gasteiger partial charge in [-0.3, -0.25) is 0 Å². The Morgan fingerprint density at radius 1 is 1.36 bits per heavy atom. The highest BCUT2D eigenvalue weighted by atomic mass is 19.1. The molecule has 0 heterocycles. The highest BCUT2D eigenvalue weighted by Crippen LogP contribution is 2.19. The first-order valence-corrected chi connectivity index (χ1v) is 4.19. The third kappa shape index (κ3) is 3.30. The molecular weight excluding hydrogens is 190 g/mol. The predicted octanol–water partition coefficient (Wildman–Crippen LogP) is 2.11. The van der Waals surface area contributed by atoms with Gasteiger partial charge in [0.15, 0.2) is 11.6 Å². The Morgan fingerprint density at radius 2 is 2.00 bits per heavy atom. The molecule has 78 valence electrons. The summed E-state index contributed by atoms with van der Waals surface area (Å²) >= 11 is 0. The minimum Gasteiger partial charge on any atom is -0.487 e. The molecule has 1 N–H and O–H groups in total. The zero-order valence-corrected chi connectivity index (χ0v) is 8.05. The molecule has 0 aromatic heterocycles. The van der Waals surface area contributed by atoms with Crippen LogP contribution in [0.1, 0.15) is 13.8 Å². The molecule has 0 aliphatic heterocycles. The van der Waals surface area contributed by atoms with E-state index in [1.165, 1.54) is 13.8 Å². The van der Waals surface area contributed by atoms with Gasteiger partial charge in [0.25, 0.3) is 0 Å².